The highest BCUT2D eigenvalue weighted by Gasteiger charge is 1.95. The Labute approximate surface area is 154 Å². The van der Waals surface area contributed by atoms with Crippen LogP contribution in [0.4, 0.5) is 0 Å². The Morgan fingerprint density at radius 1 is 0.840 bits per heavy atom. The Bertz CT molecular complexity index is 216. The average molecular weight is 367 g/mol. The molecule has 0 saturated carbocycles. The lowest BCUT2D eigenvalue weighted by Crippen LogP contribution is -2.15. The van der Waals surface area contributed by atoms with E-state index < -0.39 is 6.10 Å². The first kappa shape index (κ1) is 29.2. The molecule has 0 atom stereocenters. The number of rotatable bonds is 14. The molecule has 6 heteroatoms. The molecule has 0 spiro atoms. The van der Waals surface area contributed by atoms with E-state index in [-0.39, 0.29) is 19.5 Å². The summed E-state index contributed by atoms with van der Waals surface area (Å²) in [5.74, 6) is 0. The zero-order chi connectivity index (χ0) is 19.8. The van der Waals surface area contributed by atoms with Crippen LogP contribution in [0.3, 0.4) is 0 Å². The minimum atomic E-state index is -0.954. The summed E-state index contributed by atoms with van der Waals surface area (Å²) in [6.07, 6.45) is 9.84. The number of hydrogen-bond donors (Lipinski definition) is 3. The van der Waals surface area contributed by atoms with Gasteiger partial charge in [-0.1, -0.05) is 45.4 Å². The number of hydrogen-bond acceptors (Lipinski definition) is 6. The van der Waals surface area contributed by atoms with Crippen LogP contribution in [0, 0.1) is 0 Å². The van der Waals surface area contributed by atoms with Gasteiger partial charge in [-0.15, -0.1) is 0 Å². The normalized spacial score (nSPS) is 10.1. The van der Waals surface area contributed by atoms with Gasteiger partial charge in [0.1, 0.15) is 12.4 Å². The Morgan fingerprint density at radius 2 is 1.28 bits per heavy atom. The quantitative estimate of drug-likeness (QED) is 0.248. The van der Waals surface area contributed by atoms with Crippen LogP contribution in [0.25, 0.3) is 0 Å². The largest absolute Gasteiger partial charge is 0.394 e. The lowest BCUT2D eigenvalue weighted by atomic mass is 10.1. The molecular formula is C19H42O6. The van der Waals surface area contributed by atoms with Crippen LogP contribution in [0.5, 0.6) is 0 Å². The fraction of sp³-hybridized carbons (Fsp3) is 0.947. The first-order valence-electron chi connectivity index (χ1n) is 9.60. The van der Waals surface area contributed by atoms with Gasteiger partial charge < -0.3 is 29.6 Å². The summed E-state index contributed by atoms with van der Waals surface area (Å²) in [5, 5.41) is 24.0. The van der Waals surface area contributed by atoms with Crippen LogP contribution in [0.1, 0.15) is 79.1 Å². The molecule has 0 rings (SSSR count). The summed E-state index contributed by atoms with van der Waals surface area (Å²) in [7, 11) is 0. The molecule has 6 nitrogen and oxygen atoms in total. The number of aliphatic hydroxyl groups excluding tert-OH is 3. The van der Waals surface area contributed by atoms with Crippen molar-refractivity contribution < 1.29 is 29.6 Å². The van der Waals surface area contributed by atoms with Crippen LogP contribution in [0.2, 0.25) is 0 Å². The average Bonchev–Trinajstić information content (AvgIpc) is 2.62. The summed E-state index contributed by atoms with van der Waals surface area (Å²) < 4.78 is 10.1. The summed E-state index contributed by atoms with van der Waals surface area (Å²) in [5.41, 5.74) is 0. The number of carbonyl (C=O) groups excluding carboxylic acids is 1. The molecule has 0 aliphatic heterocycles. The van der Waals surface area contributed by atoms with Gasteiger partial charge in [-0.2, -0.15) is 0 Å². The molecule has 0 fully saturated rings. The molecule has 3 N–H and O–H groups in total. The SMILES string of the molecule is CCCCCCCCCC=O.CCOC(C)OCC.OCC(O)CO. The maximum absolute atomic E-state index is 9.94. The van der Waals surface area contributed by atoms with Crippen molar-refractivity contribution in [2.24, 2.45) is 0 Å². The molecule has 0 heterocycles. The smallest absolute Gasteiger partial charge is 0.154 e. The molecule has 0 unspecified atom stereocenters. The third-order valence-electron chi connectivity index (χ3n) is 3.15. The summed E-state index contributed by atoms with van der Waals surface area (Å²) in [4.78, 5) is 9.94. The number of aldehydes is 1. The number of aliphatic hydroxyl groups is 3. The number of ether oxygens (including phenoxy) is 2. The van der Waals surface area contributed by atoms with Crippen molar-refractivity contribution in [3.05, 3.63) is 0 Å². The van der Waals surface area contributed by atoms with Crippen LogP contribution >= 0.6 is 0 Å². The molecule has 0 saturated heterocycles. The van der Waals surface area contributed by atoms with Crippen LogP contribution in [-0.4, -0.2) is 60.4 Å². The maximum Gasteiger partial charge on any atom is 0.154 e. The van der Waals surface area contributed by atoms with Gasteiger partial charge in [-0.25, -0.2) is 0 Å². The van der Waals surface area contributed by atoms with E-state index in [9.17, 15) is 4.79 Å². The van der Waals surface area contributed by atoms with E-state index >= 15 is 0 Å². The zero-order valence-corrected chi connectivity index (χ0v) is 16.8. The van der Waals surface area contributed by atoms with Crippen LogP contribution in [-0.2, 0) is 14.3 Å². The van der Waals surface area contributed by atoms with Crippen LogP contribution < -0.4 is 0 Å². The first-order chi connectivity index (χ1) is 12.0. The predicted molar refractivity (Wildman–Crippen MR) is 102 cm³/mol. The van der Waals surface area contributed by atoms with Gasteiger partial charge >= 0.3 is 0 Å². The fourth-order valence-corrected chi connectivity index (χ4v) is 1.76. The second-order valence-corrected chi connectivity index (χ2v) is 5.57. The molecule has 0 aromatic rings. The van der Waals surface area contributed by atoms with E-state index in [1.54, 1.807) is 0 Å². The zero-order valence-electron chi connectivity index (χ0n) is 16.8. The molecule has 0 aromatic carbocycles. The Balaban J connectivity index is -0.000000306. The lowest BCUT2D eigenvalue weighted by molar-refractivity contribution is -0.123. The van der Waals surface area contributed by atoms with Crippen molar-refractivity contribution in [1.29, 1.82) is 0 Å². The second kappa shape index (κ2) is 28.3. The first-order valence-corrected chi connectivity index (χ1v) is 9.60. The van der Waals surface area contributed by atoms with Gasteiger partial charge in [-0.05, 0) is 27.2 Å². The summed E-state index contributed by atoms with van der Waals surface area (Å²) in [6, 6.07) is 0. The predicted octanol–water partition coefficient (Wildman–Crippen LogP) is 3.06. The number of unbranched alkanes of at least 4 members (excludes halogenated alkanes) is 7. The fourth-order valence-electron chi connectivity index (χ4n) is 1.76. The molecule has 0 aromatic heterocycles. The molecule has 0 amide bonds. The standard InChI is InChI=1S/C10H20O.C6H14O2.C3H8O3/c1-2-3-4-5-6-7-8-9-10-11;1-4-7-6(3)8-5-2;4-1-3(6)2-5/h10H,2-9H2,1H3;6H,4-5H2,1-3H3;3-6H,1-2H2. The number of carbonyl (C=O) groups is 1. The van der Waals surface area contributed by atoms with Gasteiger partial charge in [0, 0.05) is 19.6 Å². The van der Waals surface area contributed by atoms with Crippen molar-refractivity contribution in [3.8, 4) is 0 Å². The van der Waals surface area contributed by atoms with Gasteiger partial charge in [0.05, 0.1) is 13.2 Å². The molecule has 0 aliphatic rings. The topological polar surface area (TPSA) is 96.2 Å². The van der Waals surface area contributed by atoms with Crippen molar-refractivity contribution in [2.75, 3.05) is 26.4 Å². The summed E-state index contributed by atoms with van der Waals surface area (Å²) >= 11 is 0. The van der Waals surface area contributed by atoms with E-state index in [2.05, 4.69) is 6.92 Å². The van der Waals surface area contributed by atoms with Crippen molar-refractivity contribution in [2.45, 2.75) is 91.5 Å². The van der Waals surface area contributed by atoms with E-state index in [0.29, 0.717) is 0 Å². The van der Waals surface area contributed by atoms with Crippen molar-refractivity contribution in [1.82, 2.24) is 0 Å². The van der Waals surface area contributed by atoms with Crippen LogP contribution in [0.15, 0.2) is 0 Å². The molecule has 0 aliphatic carbocycles. The lowest BCUT2D eigenvalue weighted by Gasteiger charge is -2.09. The minimum Gasteiger partial charge on any atom is -0.394 e. The van der Waals surface area contributed by atoms with Gasteiger partial charge in [-0.3, -0.25) is 0 Å². The molecule has 154 valence electrons. The highest BCUT2D eigenvalue weighted by molar-refractivity contribution is 5.48. The van der Waals surface area contributed by atoms with Gasteiger partial charge in [0.15, 0.2) is 6.29 Å². The molecular weight excluding hydrogens is 324 g/mol. The Kier molecular flexibility index (Phi) is 33.1. The Morgan fingerprint density at radius 3 is 1.60 bits per heavy atom. The van der Waals surface area contributed by atoms with Gasteiger partial charge in [0.25, 0.3) is 0 Å². The maximum atomic E-state index is 9.94. The van der Waals surface area contributed by atoms with E-state index in [4.69, 9.17) is 24.8 Å². The molecule has 0 radical (unpaired) electrons. The van der Waals surface area contributed by atoms with E-state index in [0.717, 1.165) is 32.3 Å². The third kappa shape index (κ3) is 35.4. The Hall–Kier alpha value is -0.530. The van der Waals surface area contributed by atoms with Crippen molar-refractivity contribution in [3.63, 3.8) is 0 Å². The highest BCUT2D eigenvalue weighted by atomic mass is 16.7. The monoisotopic (exact) mass is 366 g/mol. The third-order valence-corrected chi connectivity index (χ3v) is 3.15. The molecule has 25 heavy (non-hydrogen) atoms. The minimum absolute atomic E-state index is 0.0370. The molecule has 0 bridgehead atoms. The second-order valence-electron chi connectivity index (χ2n) is 5.57. The van der Waals surface area contributed by atoms with E-state index in [1.807, 2.05) is 20.8 Å². The van der Waals surface area contributed by atoms with Crippen molar-refractivity contribution >= 4 is 6.29 Å². The highest BCUT2D eigenvalue weighted by Crippen LogP contribution is 2.07. The summed E-state index contributed by atoms with van der Waals surface area (Å²) in [6.45, 7) is 8.75. The van der Waals surface area contributed by atoms with E-state index in [1.165, 1.54) is 38.5 Å². The van der Waals surface area contributed by atoms with Gasteiger partial charge in [0.2, 0.25) is 0 Å².